The lowest BCUT2D eigenvalue weighted by atomic mass is 9.68. The van der Waals surface area contributed by atoms with Gasteiger partial charge in [0.2, 0.25) is 0 Å². The highest BCUT2D eigenvalue weighted by atomic mass is 16.6. The van der Waals surface area contributed by atoms with E-state index in [0.717, 1.165) is 12.8 Å². The van der Waals surface area contributed by atoms with Crippen LogP contribution in [0.4, 0.5) is 4.79 Å². The van der Waals surface area contributed by atoms with Gasteiger partial charge in [-0.15, -0.1) is 0 Å². The van der Waals surface area contributed by atoms with E-state index in [4.69, 9.17) is 9.47 Å². The summed E-state index contributed by atoms with van der Waals surface area (Å²) >= 11 is 0. The zero-order chi connectivity index (χ0) is 25.0. The lowest BCUT2D eigenvalue weighted by molar-refractivity contribution is -0.0984. The van der Waals surface area contributed by atoms with Crippen molar-refractivity contribution in [1.82, 2.24) is 4.90 Å². The average molecular weight is 470 g/mol. The van der Waals surface area contributed by atoms with Crippen molar-refractivity contribution >= 4 is 6.09 Å². The topological polar surface area (TPSA) is 59.0 Å². The molecule has 5 nitrogen and oxygen atoms in total. The molecule has 1 amide bonds. The lowest BCUT2D eigenvalue weighted by Gasteiger charge is -2.51. The predicted octanol–water partition coefficient (Wildman–Crippen LogP) is 7.84. The van der Waals surface area contributed by atoms with Crippen LogP contribution in [0.2, 0.25) is 0 Å². The largest absolute Gasteiger partial charge is 0.450 e. The summed E-state index contributed by atoms with van der Waals surface area (Å²) in [7, 11) is 0. The Morgan fingerprint density at radius 3 is 1.79 bits per heavy atom. The molecule has 0 aliphatic carbocycles. The smallest absolute Gasteiger partial charge is 0.412 e. The van der Waals surface area contributed by atoms with Gasteiger partial charge in [0.25, 0.3) is 0 Å². The maximum absolute atomic E-state index is 12.9. The molecule has 2 atom stereocenters. The summed E-state index contributed by atoms with van der Waals surface area (Å²) in [5, 5.41) is 11.4. The van der Waals surface area contributed by atoms with Gasteiger partial charge in [-0.25, -0.2) is 4.79 Å². The van der Waals surface area contributed by atoms with E-state index in [-0.39, 0.29) is 5.41 Å². The quantitative estimate of drug-likeness (QED) is 0.234. The summed E-state index contributed by atoms with van der Waals surface area (Å²) in [6.07, 6.45) is 16.5. The molecule has 5 heteroatoms. The fraction of sp³-hybridized carbons (Fsp3) is 0.964. The molecule has 0 aromatic heterocycles. The third kappa shape index (κ3) is 8.72. The summed E-state index contributed by atoms with van der Waals surface area (Å²) in [6, 6.07) is 0. The third-order valence-electron chi connectivity index (χ3n) is 7.46. The first kappa shape index (κ1) is 30.2. The fourth-order valence-corrected chi connectivity index (χ4v) is 5.36. The zero-order valence-electron chi connectivity index (χ0n) is 23.0. The van der Waals surface area contributed by atoms with Crippen LogP contribution < -0.4 is 0 Å². The second-order valence-electron chi connectivity index (χ2n) is 11.5. The summed E-state index contributed by atoms with van der Waals surface area (Å²) < 4.78 is 11.4. The van der Waals surface area contributed by atoms with E-state index in [9.17, 15) is 9.90 Å². The van der Waals surface area contributed by atoms with E-state index in [1.807, 2.05) is 20.8 Å². The summed E-state index contributed by atoms with van der Waals surface area (Å²) in [5.41, 5.74) is -1.97. The van der Waals surface area contributed by atoms with E-state index < -0.39 is 23.5 Å². The highest BCUT2D eigenvalue weighted by molar-refractivity contribution is 5.70. The zero-order valence-corrected chi connectivity index (χ0v) is 23.0. The molecule has 0 bridgehead atoms. The molecule has 0 saturated carbocycles. The minimum Gasteiger partial charge on any atom is -0.450 e. The number of carbonyl (C=O) groups is 1. The van der Waals surface area contributed by atoms with Gasteiger partial charge >= 0.3 is 6.09 Å². The van der Waals surface area contributed by atoms with Gasteiger partial charge in [-0.05, 0) is 32.6 Å². The molecule has 1 heterocycles. The summed E-state index contributed by atoms with van der Waals surface area (Å²) in [4.78, 5) is 14.6. The molecular weight excluding hydrogens is 414 g/mol. The monoisotopic (exact) mass is 469 g/mol. The van der Waals surface area contributed by atoms with E-state index in [1.54, 1.807) is 4.90 Å². The number of nitrogens with zero attached hydrogens (tertiary/aromatic N) is 1. The summed E-state index contributed by atoms with van der Waals surface area (Å²) in [6.45, 7) is 14.7. The first-order valence-corrected chi connectivity index (χ1v) is 13.8. The van der Waals surface area contributed by atoms with Gasteiger partial charge in [0.05, 0.1) is 19.3 Å². The highest BCUT2D eigenvalue weighted by Crippen LogP contribution is 2.49. The number of aliphatic hydroxyl groups is 1. The first-order chi connectivity index (χ1) is 15.5. The second kappa shape index (κ2) is 14.6. The highest BCUT2D eigenvalue weighted by Gasteiger charge is 2.63. The van der Waals surface area contributed by atoms with Gasteiger partial charge in [0.15, 0.2) is 0 Å². The normalized spacial score (nSPS) is 21.4. The van der Waals surface area contributed by atoms with Gasteiger partial charge in [-0.1, -0.05) is 111 Å². The van der Waals surface area contributed by atoms with Gasteiger partial charge in [0.1, 0.15) is 11.3 Å². The van der Waals surface area contributed by atoms with Crippen LogP contribution in [0.1, 0.15) is 138 Å². The molecule has 0 spiro atoms. The van der Waals surface area contributed by atoms with Crippen LogP contribution in [0.3, 0.4) is 0 Å². The van der Waals surface area contributed by atoms with E-state index >= 15 is 0 Å². The Morgan fingerprint density at radius 1 is 0.909 bits per heavy atom. The molecular formula is C28H55NO4. The van der Waals surface area contributed by atoms with Crippen LogP contribution in [0.5, 0.6) is 0 Å². The van der Waals surface area contributed by atoms with Crippen molar-refractivity contribution in [2.75, 3.05) is 13.2 Å². The molecule has 0 aromatic rings. The average Bonchev–Trinajstić information content (AvgIpc) is 3.03. The fourth-order valence-electron chi connectivity index (χ4n) is 5.36. The first-order valence-electron chi connectivity index (χ1n) is 13.8. The van der Waals surface area contributed by atoms with Crippen LogP contribution in [0.15, 0.2) is 0 Å². The Morgan fingerprint density at radius 2 is 1.36 bits per heavy atom. The van der Waals surface area contributed by atoms with Crippen molar-refractivity contribution in [3.05, 3.63) is 0 Å². The number of hydrogen-bond donors (Lipinski definition) is 1. The number of hydrogen-bond acceptors (Lipinski definition) is 4. The van der Waals surface area contributed by atoms with Crippen molar-refractivity contribution in [3.8, 4) is 0 Å². The molecule has 33 heavy (non-hydrogen) atoms. The molecule has 1 fully saturated rings. The molecule has 0 aromatic carbocycles. The summed E-state index contributed by atoms with van der Waals surface area (Å²) in [5.74, 6) is 0. The second-order valence-corrected chi connectivity index (χ2v) is 11.5. The number of aliphatic hydroxyl groups excluding tert-OH is 1. The Labute approximate surface area is 205 Å². The predicted molar refractivity (Wildman–Crippen MR) is 137 cm³/mol. The molecule has 1 N–H and O–H groups in total. The molecule has 0 radical (unpaired) electrons. The van der Waals surface area contributed by atoms with Gasteiger partial charge < -0.3 is 14.6 Å². The molecule has 1 unspecified atom stereocenters. The van der Waals surface area contributed by atoms with E-state index in [0.29, 0.717) is 19.6 Å². The van der Waals surface area contributed by atoms with E-state index in [1.165, 1.54) is 70.6 Å². The van der Waals surface area contributed by atoms with Gasteiger partial charge in [0, 0.05) is 0 Å². The van der Waals surface area contributed by atoms with Gasteiger partial charge in [-0.3, -0.25) is 4.90 Å². The molecule has 1 saturated heterocycles. The van der Waals surface area contributed by atoms with Crippen molar-refractivity contribution in [1.29, 1.82) is 0 Å². The minimum atomic E-state index is -0.809. The molecule has 1 rings (SSSR count). The Kier molecular flexibility index (Phi) is 13.3. The number of rotatable bonds is 16. The Bertz CT molecular complexity index is 543. The minimum absolute atomic E-state index is 0.306. The molecule has 1 aliphatic rings. The van der Waals surface area contributed by atoms with Crippen molar-refractivity contribution < 1.29 is 19.4 Å². The Balaban J connectivity index is 2.44. The maximum atomic E-state index is 12.9. The van der Waals surface area contributed by atoms with Crippen LogP contribution in [0, 0.1) is 5.41 Å². The van der Waals surface area contributed by atoms with Gasteiger partial charge in [-0.2, -0.15) is 0 Å². The van der Waals surface area contributed by atoms with Crippen LogP contribution in [0.25, 0.3) is 0 Å². The van der Waals surface area contributed by atoms with Crippen LogP contribution >= 0.6 is 0 Å². The van der Waals surface area contributed by atoms with Crippen molar-refractivity contribution in [2.45, 2.75) is 156 Å². The number of ether oxygens (including phenoxy) is 2. The standard InChI is InChI=1S/C28H55NO4/c1-8-10-11-12-13-14-15-16-17-18-19-20-21-22-24(30)28(26(3,4)5)23-33-27(6,7)29(28)25(31)32-9-2/h24,30H,8-23H2,1-7H3/t24?,28-/m0/s1. The van der Waals surface area contributed by atoms with Crippen molar-refractivity contribution in [3.63, 3.8) is 0 Å². The SMILES string of the molecule is CCCCCCCCCCCCCCCC(O)[C@]1(C(C)(C)C)COC(C)(C)N1C(=O)OCC. The third-order valence-corrected chi connectivity index (χ3v) is 7.46. The van der Waals surface area contributed by atoms with Crippen LogP contribution in [-0.2, 0) is 9.47 Å². The van der Waals surface area contributed by atoms with Crippen molar-refractivity contribution in [2.24, 2.45) is 5.41 Å². The molecule has 1 aliphatic heterocycles. The number of amides is 1. The van der Waals surface area contributed by atoms with E-state index in [2.05, 4.69) is 27.7 Å². The Hall–Kier alpha value is -0.810. The number of unbranched alkanes of at least 4 members (excludes halogenated alkanes) is 12. The number of carbonyl (C=O) groups excluding carboxylic acids is 1. The maximum Gasteiger partial charge on any atom is 0.412 e. The van der Waals surface area contributed by atoms with Crippen LogP contribution in [-0.4, -0.2) is 46.7 Å². The molecule has 196 valence electrons. The lowest BCUT2D eigenvalue weighted by Crippen LogP contribution is -2.67.